The Morgan fingerprint density at radius 2 is 1.96 bits per heavy atom. The van der Waals surface area contributed by atoms with Crippen LogP contribution in [0.2, 0.25) is 0 Å². The fraction of sp³-hybridized carbons (Fsp3) is 0.650. The summed E-state index contributed by atoms with van der Waals surface area (Å²) >= 11 is 0. The first kappa shape index (κ1) is 18.2. The van der Waals surface area contributed by atoms with Gasteiger partial charge in [0.25, 0.3) is 0 Å². The van der Waals surface area contributed by atoms with Gasteiger partial charge in [-0.3, -0.25) is 0 Å². The third-order valence-electron chi connectivity index (χ3n) is 5.65. The van der Waals surface area contributed by atoms with Crippen molar-refractivity contribution < 1.29 is 19.4 Å². The molecule has 3 rings (SSSR count). The second kappa shape index (κ2) is 6.61. The number of likely N-dealkylation sites (N-methyl/N-ethyl adjacent to an activating group) is 1. The quantitative estimate of drug-likeness (QED) is 0.903. The van der Waals surface area contributed by atoms with Crippen molar-refractivity contribution in [2.45, 2.75) is 57.8 Å². The van der Waals surface area contributed by atoms with Gasteiger partial charge in [-0.15, -0.1) is 0 Å². The molecule has 25 heavy (non-hydrogen) atoms. The van der Waals surface area contributed by atoms with E-state index in [0.29, 0.717) is 19.6 Å². The Hall–Kier alpha value is -1.59. The van der Waals surface area contributed by atoms with E-state index in [0.717, 1.165) is 12.8 Å². The molecule has 2 atom stereocenters. The van der Waals surface area contributed by atoms with Crippen molar-refractivity contribution in [1.82, 2.24) is 4.90 Å². The summed E-state index contributed by atoms with van der Waals surface area (Å²) in [5.74, 6) is 0. The molecular weight excluding hydrogens is 318 g/mol. The summed E-state index contributed by atoms with van der Waals surface area (Å²) in [5, 5.41) is 9.76. The lowest BCUT2D eigenvalue weighted by atomic mass is 9.63. The Balaban J connectivity index is 2.11. The van der Waals surface area contributed by atoms with Gasteiger partial charge in [-0.2, -0.15) is 0 Å². The van der Waals surface area contributed by atoms with Crippen LogP contribution in [-0.2, 0) is 21.3 Å². The molecule has 5 heteroatoms. The van der Waals surface area contributed by atoms with Gasteiger partial charge in [-0.05, 0) is 29.4 Å². The van der Waals surface area contributed by atoms with Gasteiger partial charge >= 0.3 is 6.09 Å². The molecule has 1 aliphatic carbocycles. The zero-order valence-electron chi connectivity index (χ0n) is 15.6. The fourth-order valence-electron chi connectivity index (χ4n) is 5.04. The van der Waals surface area contributed by atoms with E-state index in [9.17, 15) is 9.90 Å². The third-order valence-corrected chi connectivity index (χ3v) is 5.65. The van der Waals surface area contributed by atoms with Crippen LogP contribution in [0.5, 0.6) is 0 Å². The van der Waals surface area contributed by atoms with Crippen LogP contribution < -0.4 is 0 Å². The van der Waals surface area contributed by atoms with E-state index in [1.807, 2.05) is 0 Å². The summed E-state index contributed by atoms with van der Waals surface area (Å²) in [5.41, 5.74) is 2.04. The number of rotatable bonds is 4. The van der Waals surface area contributed by atoms with E-state index in [2.05, 4.69) is 45.0 Å². The molecule has 0 aromatic heterocycles. The summed E-state index contributed by atoms with van der Waals surface area (Å²) in [7, 11) is 1.69. The highest BCUT2D eigenvalue weighted by molar-refractivity contribution is 5.66. The highest BCUT2D eigenvalue weighted by Gasteiger charge is 2.53. The number of amides is 1. The zero-order chi connectivity index (χ0) is 18.2. The molecule has 0 bridgehead atoms. The lowest BCUT2D eigenvalue weighted by Gasteiger charge is -2.49. The number of fused-ring (bicyclic) bond motifs is 1. The summed E-state index contributed by atoms with van der Waals surface area (Å²) in [6.07, 6.45) is 1.40. The first-order valence-corrected chi connectivity index (χ1v) is 9.03. The van der Waals surface area contributed by atoms with E-state index in [1.54, 1.807) is 7.05 Å². The van der Waals surface area contributed by atoms with E-state index in [1.165, 1.54) is 16.0 Å². The minimum absolute atomic E-state index is 0.172. The van der Waals surface area contributed by atoms with Crippen LogP contribution in [0.1, 0.15) is 44.7 Å². The Bertz CT molecular complexity index is 633. The minimum atomic E-state index is -0.892. The molecule has 1 aliphatic heterocycles. The number of hydrogen-bond donors (Lipinski definition) is 1. The monoisotopic (exact) mass is 347 g/mol. The van der Waals surface area contributed by atoms with Crippen LogP contribution in [0.25, 0.3) is 0 Å². The van der Waals surface area contributed by atoms with Crippen molar-refractivity contribution in [3.63, 3.8) is 0 Å². The molecule has 0 radical (unpaired) electrons. The molecule has 138 valence electrons. The van der Waals surface area contributed by atoms with E-state index in [4.69, 9.17) is 9.47 Å². The number of carbonyl (C=O) groups is 1. The number of benzene rings is 1. The van der Waals surface area contributed by atoms with Gasteiger partial charge in [0.15, 0.2) is 6.29 Å². The van der Waals surface area contributed by atoms with Gasteiger partial charge in [0.1, 0.15) is 0 Å². The number of ether oxygens (including phenoxy) is 2. The van der Waals surface area contributed by atoms with Gasteiger partial charge in [0.2, 0.25) is 0 Å². The summed E-state index contributed by atoms with van der Waals surface area (Å²) in [6.45, 7) is 7.58. The van der Waals surface area contributed by atoms with Crippen LogP contribution in [-0.4, -0.2) is 48.7 Å². The maximum atomic E-state index is 11.9. The maximum Gasteiger partial charge on any atom is 0.407 e. The molecule has 1 saturated heterocycles. The lowest BCUT2D eigenvalue weighted by molar-refractivity contribution is -0.0783. The molecule has 2 unspecified atom stereocenters. The topological polar surface area (TPSA) is 59.0 Å². The molecule has 0 spiro atoms. The van der Waals surface area contributed by atoms with Crippen LogP contribution in [0.15, 0.2) is 24.3 Å². The maximum absolute atomic E-state index is 11.9. The second-order valence-electron chi connectivity index (χ2n) is 8.35. The van der Waals surface area contributed by atoms with Gasteiger partial charge in [0.05, 0.1) is 13.2 Å². The molecular formula is C20H29NO4. The number of hydrogen-bond acceptors (Lipinski definition) is 3. The molecule has 1 N–H and O–H groups in total. The standard InChI is InChI=1S/C20H29NO4/c1-19(2,3)17(21(4)18(22)23)20(13-16-24-11-12-25-16)10-9-14-7-5-6-8-15(14)20/h5-8,16-17H,9-13H2,1-4H3,(H,22,23). The van der Waals surface area contributed by atoms with Gasteiger partial charge in [-0.1, -0.05) is 45.0 Å². The van der Waals surface area contributed by atoms with E-state index < -0.39 is 6.09 Å². The minimum Gasteiger partial charge on any atom is -0.465 e. The van der Waals surface area contributed by atoms with E-state index in [-0.39, 0.29) is 23.2 Å². The molecule has 5 nitrogen and oxygen atoms in total. The van der Waals surface area contributed by atoms with Crippen molar-refractivity contribution >= 4 is 6.09 Å². The molecule has 1 aromatic carbocycles. The summed E-state index contributed by atoms with van der Waals surface area (Å²) in [4.78, 5) is 13.4. The molecule has 1 aromatic rings. The average Bonchev–Trinajstić information content (AvgIpc) is 3.16. The summed E-state index contributed by atoms with van der Waals surface area (Å²) < 4.78 is 11.5. The van der Waals surface area contributed by atoms with E-state index >= 15 is 0 Å². The van der Waals surface area contributed by atoms with Crippen molar-refractivity contribution in [3.8, 4) is 0 Å². The van der Waals surface area contributed by atoms with Crippen LogP contribution >= 0.6 is 0 Å². The van der Waals surface area contributed by atoms with Crippen LogP contribution in [0.4, 0.5) is 4.79 Å². The molecule has 1 heterocycles. The largest absolute Gasteiger partial charge is 0.465 e. The highest BCUT2D eigenvalue weighted by atomic mass is 16.7. The molecule has 1 fully saturated rings. The molecule has 1 amide bonds. The number of nitrogens with zero attached hydrogens (tertiary/aromatic N) is 1. The Labute approximate surface area is 149 Å². The fourth-order valence-corrected chi connectivity index (χ4v) is 5.04. The molecule has 0 saturated carbocycles. The van der Waals surface area contributed by atoms with Crippen molar-refractivity contribution in [3.05, 3.63) is 35.4 Å². The van der Waals surface area contributed by atoms with Crippen LogP contribution in [0.3, 0.4) is 0 Å². The molecule has 2 aliphatic rings. The van der Waals surface area contributed by atoms with Crippen LogP contribution in [0, 0.1) is 5.41 Å². The normalized spacial score (nSPS) is 25.0. The lowest BCUT2D eigenvalue weighted by Crippen LogP contribution is -2.57. The smallest absolute Gasteiger partial charge is 0.407 e. The van der Waals surface area contributed by atoms with Gasteiger partial charge in [0, 0.05) is 24.9 Å². The predicted molar refractivity (Wildman–Crippen MR) is 95.8 cm³/mol. The van der Waals surface area contributed by atoms with Gasteiger partial charge < -0.3 is 19.5 Å². The van der Waals surface area contributed by atoms with Crippen molar-refractivity contribution in [1.29, 1.82) is 0 Å². The van der Waals surface area contributed by atoms with Crippen molar-refractivity contribution in [2.24, 2.45) is 5.41 Å². The number of aryl methyl sites for hydroxylation is 1. The zero-order valence-corrected chi connectivity index (χ0v) is 15.6. The second-order valence-corrected chi connectivity index (χ2v) is 8.35. The Morgan fingerprint density at radius 1 is 1.32 bits per heavy atom. The SMILES string of the molecule is CN(C(=O)O)C(C(C)(C)C)C1(CC2OCCO2)CCc2ccccc21. The van der Waals surface area contributed by atoms with Gasteiger partial charge in [-0.25, -0.2) is 4.79 Å². The third kappa shape index (κ3) is 3.27. The number of carboxylic acid groups (broad SMARTS) is 1. The predicted octanol–water partition coefficient (Wildman–Crippen LogP) is 3.66. The highest BCUT2D eigenvalue weighted by Crippen LogP contribution is 2.51. The average molecular weight is 347 g/mol. The Kier molecular flexibility index (Phi) is 4.82. The first-order chi connectivity index (χ1) is 11.8. The summed E-state index contributed by atoms with van der Waals surface area (Å²) in [6, 6.07) is 8.26. The first-order valence-electron chi connectivity index (χ1n) is 9.03. The van der Waals surface area contributed by atoms with Crippen molar-refractivity contribution in [2.75, 3.05) is 20.3 Å². The Morgan fingerprint density at radius 3 is 2.56 bits per heavy atom.